The van der Waals surface area contributed by atoms with Gasteiger partial charge in [-0.1, -0.05) is 18.2 Å². The number of likely N-dealkylation sites (N-methyl/N-ethyl adjacent to an activating group) is 1. The molecule has 0 saturated heterocycles. The van der Waals surface area contributed by atoms with E-state index in [2.05, 4.69) is 33.5 Å². The van der Waals surface area contributed by atoms with Crippen LogP contribution in [0.1, 0.15) is 17.2 Å². The summed E-state index contributed by atoms with van der Waals surface area (Å²) in [6.45, 7) is 1.63. The molecule has 0 amide bonds. The summed E-state index contributed by atoms with van der Waals surface area (Å²) in [5, 5.41) is 3.19. The van der Waals surface area contributed by atoms with Crippen LogP contribution in [-0.4, -0.2) is 30.2 Å². The number of ether oxygens (including phenoxy) is 1. The third-order valence-corrected chi connectivity index (χ3v) is 3.41. The minimum Gasteiger partial charge on any atom is -0.372 e. The molecule has 1 aliphatic rings. The SMILES string of the molecule is CNCC1OCCc2c(-c3cnc[nH]3)cccc21.Cl. The molecular weight excluding hydrogens is 262 g/mol. The van der Waals surface area contributed by atoms with E-state index in [1.807, 2.05) is 13.2 Å². The van der Waals surface area contributed by atoms with Crippen LogP contribution in [-0.2, 0) is 11.2 Å². The Labute approximate surface area is 119 Å². The first-order valence-corrected chi connectivity index (χ1v) is 6.27. The summed E-state index contributed by atoms with van der Waals surface area (Å²) in [4.78, 5) is 7.29. The topological polar surface area (TPSA) is 49.9 Å². The normalized spacial score (nSPS) is 17.6. The van der Waals surface area contributed by atoms with Gasteiger partial charge in [0.15, 0.2) is 0 Å². The van der Waals surface area contributed by atoms with E-state index in [4.69, 9.17) is 4.74 Å². The molecular formula is C14H18ClN3O. The zero-order chi connectivity index (χ0) is 12.4. The highest BCUT2D eigenvalue weighted by molar-refractivity contribution is 5.85. The van der Waals surface area contributed by atoms with Crippen molar-refractivity contribution in [3.8, 4) is 11.3 Å². The number of H-pyrrole nitrogens is 1. The molecule has 2 aromatic rings. The molecule has 19 heavy (non-hydrogen) atoms. The second kappa shape index (κ2) is 6.19. The molecule has 2 N–H and O–H groups in total. The number of rotatable bonds is 3. The number of aromatic amines is 1. The van der Waals surface area contributed by atoms with Crippen molar-refractivity contribution < 1.29 is 4.74 Å². The van der Waals surface area contributed by atoms with E-state index in [0.29, 0.717) is 0 Å². The Morgan fingerprint density at radius 2 is 2.37 bits per heavy atom. The Morgan fingerprint density at radius 3 is 3.11 bits per heavy atom. The van der Waals surface area contributed by atoms with Gasteiger partial charge in [0, 0.05) is 12.1 Å². The molecule has 0 fully saturated rings. The van der Waals surface area contributed by atoms with Gasteiger partial charge >= 0.3 is 0 Å². The van der Waals surface area contributed by atoms with Crippen molar-refractivity contribution in [2.75, 3.05) is 20.2 Å². The average Bonchev–Trinajstić information content (AvgIpc) is 2.93. The summed E-state index contributed by atoms with van der Waals surface area (Å²) in [5.74, 6) is 0. The number of imidazole rings is 1. The lowest BCUT2D eigenvalue weighted by molar-refractivity contribution is 0.0440. The molecule has 1 aromatic heterocycles. The summed E-state index contributed by atoms with van der Waals surface area (Å²) in [6, 6.07) is 6.40. The van der Waals surface area contributed by atoms with E-state index in [9.17, 15) is 0 Å². The lowest BCUT2D eigenvalue weighted by atomic mass is 9.91. The van der Waals surface area contributed by atoms with E-state index >= 15 is 0 Å². The molecule has 1 aromatic carbocycles. The standard InChI is InChI=1S/C14H17N3O.ClH/c1-15-8-14-12-4-2-3-11(10(12)5-6-18-14)13-7-16-9-17-13;/h2-4,7,9,14-15H,5-6,8H2,1H3,(H,16,17);1H. The van der Waals surface area contributed by atoms with Gasteiger partial charge in [0.2, 0.25) is 0 Å². The number of aromatic nitrogens is 2. The van der Waals surface area contributed by atoms with Crippen LogP contribution in [0, 0.1) is 0 Å². The van der Waals surface area contributed by atoms with Gasteiger partial charge in [-0.25, -0.2) is 4.98 Å². The number of hydrogen-bond donors (Lipinski definition) is 2. The Morgan fingerprint density at radius 1 is 1.47 bits per heavy atom. The highest BCUT2D eigenvalue weighted by Crippen LogP contribution is 2.33. The van der Waals surface area contributed by atoms with Crippen LogP contribution in [0.5, 0.6) is 0 Å². The molecule has 0 saturated carbocycles. The smallest absolute Gasteiger partial charge is 0.0952 e. The zero-order valence-electron chi connectivity index (χ0n) is 10.8. The summed E-state index contributed by atoms with van der Waals surface area (Å²) in [5.41, 5.74) is 5.00. The molecule has 0 spiro atoms. The fraction of sp³-hybridized carbons (Fsp3) is 0.357. The second-order valence-corrected chi connectivity index (χ2v) is 4.51. The summed E-state index contributed by atoms with van der Waals surface area (Å²) in [7, 11) is 1.95. The van der Waals surface area contributed by atoms with E-state index in [0.717, 1.165) is 25.3 Å². The number of nitrogens with zero attached hydrogens (tertiary/aromatic N) is 1. The second-order valence-electron chi connectivity index (χ2n) is 4.51. The van der Waals surface area contributed by atoms with Crippen LogP contribution in [0.3, 0.4) is 0 Å². The minimum atomic E-state index is 0. The van der Waals surface area contributed by atoms with E-state index in [-0.39, 0.29) is 18.5 Å². The number of fused-ring (bicyclic) bond motifs is 1. The summed E-state index contributed by atoms with van der Waals surface area (Å²) < 4.78 is 5.83. The fourth-order valence-corrected chi connectivity index (χ4v) is 2.59. The van der Waals surface area contributed by atoms with Crippen molar-refractivity contribution in [2.24, 2.45) is 0 Å². The third kappa shape index (κ3) is 2.66. The lowest BCUT2D eigenvalue weighted by Crippen LogP contribution is -2.25. The van der Waals surface area contributed by atoms with Gasteiger partial charge in [0.25, 0.3) is 0 Å². The van der Waals surface area contributed by atoms with Gasteiger partial charge in [-0.05, 0) is 24.6 Å². The Kier molecular flexibility index (Phi) is 4.58. The Bertz CT molecular complexity index is 527. The molecule has 102 valence electrons. The number of benzene rings is 1. The molecule has 3 rings (SSSR count). The van der Waals surface area contributed by atoms with Crippen LogP contribution in [0.25, 0.3) is 11.3 Å². The van der Waals surface area contributed by atoms with Crippen molar-refractivity contribution in [2.45, 2.75) is 12.5 Å². The van der Waals surface area contributed by atoms with Crippen LogP contribution in [0.2, 0.25) is 0 Å². The van der Waals surface area contributed by atoms with Crippen LogP contribution >= 0.6 is 12.4 Å². The highest BCUT2D eigenvalue weighted by Gasteiger charge is 2.22. The van der Waals surface area contributed by atoms with Crippen molar-refractivity contribution >= 4 is 12.4 Å². The van der Waals surface area contributed by atoms with Gasteiger partial charge in [-0.15, -0.1) is 12.4 Å². The number of nitrogens with one attached hydrogen (secondary N) is 2. The van der Waals surface area contributed by atoms with Gasteiger partial charge in [-0.2, -0.15) is 0 Å². The molecule has 5 heteroatoms. The van der Waals surface area contributed by atoms with Crippen LogP contribution in [0.15, 0.2) is 30.7 Å². The molecule has 0 radical (unpaired) electrons. The van der Waals surface area contributed by atoms with Gasteiger partial charge in [0.05, 0.1) is 30.9 Å². The molecule has 1 unspecified atom stereocenters. The largest absolute Gasteiger partial charge is 0.372 e. The number of halogens is 1. The van der Waals surface area contributed by atoms with Crippen molar-refractivity contribution in [3.05, 3.63) is 41.9 Å². The molecule has 4 nitrogen and oxygen atoms in total. The minimum absolute atomic E-state index is 0. The van der Waals surface area contributed by atoms with E-state index in [1.54, 1.807) is 6.33 Å². The maximum atomic E-state index is 5.83. The maximum Gasteiger partial charge on any atom is 0.0952 e. The average molecular weight is 280 g/mol. The quantitative estimate of drug-likeness (QED) is 0.907. The predicted molar refractivity (Wildman–Crippen MR) is 77.6 cm³/mol. The lowest BCUT2D eigenvalue weighted by Gasteiger charge is -2.27. The highest BCUT2D eigenvalue weighted by atomic mass is 35.5. The molecule has 2 heterocycles. The van der Waals surface area contributed by atoms with Crippen LogP contribution < -0.4 is 5.32 Å². The van der Waals surface area contributed by atoms with Crippen molar-refractivity contribution in [1.82, 2.24) is 15.3 Å². The van der Waals surface area contributed by atoms with Gasteiger partial charge in [-0.3, -0.25) is 0 Å². The zero-order valence-corrected chi connectivity index (χ0v) is 11.7. The summed E-state index contributed by atoms with van der Waals surface area (Å²) >= 11 is 0. The molecule has 1 aliphatic heterocycles. The summed E-state index contributed by atoms with van der Waals surface area (Å²) in [6.07, 6.45) is 4.71. The van der Waals surface area contributed by atoms with Crippen molar-refractivity contribution in [3.63, 3.8) is 0 Å². The van der Waals surface area contributed by atoms with Gasteiger partial charge in [0.1, 0.15) is 0 Å². The number of hydrogen-bond acceptors (Lipinski definition) is 3. The molecule has 0 bridgehead atoms. The monoisotopic (exact) mass is 279 g/mol. The Balaban J connectivity index is 0.00000133. The van der Waals surface area contributed by atoms with E-state index in [1.165, 1.54) is 16.7 Å². The first-order chi connectivity index (χ1) is 8.90. The first-order valence-electron chi connectivity index (χ1n) is 6.27. The van der Waals surface area contributed by atoms with Crippen LogP contribution in [0.4, 0.5) is 0 Å². The fourth-order valence-electron chi connectivity index (χ4n) is 2.59. The third-order valence-electron chi connectivity index (χ3n) is 3.41. The van der Waals surface area contributed by atoms with E-state index < -0.39 is 0 Å². The van der Waals surface area contributed by atoms with Crippen molar-refractivity contribution in [1.29, 1.82) is 0 Å². The molecule has 1 atom stereocenters. The molecule has 0 aliphatic carbocycles. The Hall–Kier alpha value is -1.36. The predicted octanol–water partition coefficient (Wildman–Crippen LogP) is 2.33. The maximum absolute atomic E-state index is 5.83. The first kappa shape index (κ1) is 14.1. The van der Waals surface area contributed by atoms with Gasteiger partial charge < -0.3 is 15.0 Å².